The van der Waals surface area contributed by atoms with Gasteiger partial charge in [-0.25, -0.2) is 0 Å². The number of carbonyl (C=O) groups excluding carboxylic acids is 1. The molecule has 0 amide bonds. The van der Waals surface area contributed by atoms with E-state index in [0.29, 0.717) is 6.54 Å². The Morgan fingerprint density at radius 3 is 2.53 bits per heavy atom. The van der Waals surface area contributed by atoms with E-state index in [1.807, 2.05) is 30.3 Å². The Morgan fingerprint density at radius 2 is 1.93 bits per heavy atom. The summed E-state index contributed by atoms with van der Waals surface area (Å²) in [6.45, 7) is 3.51. The highest BCUT2D eigenvalue weighted by molar-refractivity contribution is 5.97. The first-order valence-corrected chi connectivity index (χ1v) is 5.13. The molecule has 1 N–H and O–H groups in total. The van der Waals surface area contributed by atoms with E-state index in [1.165, 1.54) is 0 Å². The summed E-state index contributed by atoms with van der Waals surface area (Å²) in [5.41, 5.74) is 0.788. The first kappa shape index (κ1) is 14.1. The summed E-state index contributed by atoms with van der Waals surface area (Å²) in [6, 6.07) is 9.40. The number of rotatable bonds is 6. The number of carbonyl (C=O) groups is 1. The molecule has 1 rings (SSSR count). The standard InChI is InChI=1S/C12H17NO.ClH/c1-2-3-9-13-10-12(14)11-7-5-4-6-8-11;/h4-8,13H,2-3,9-10H2,1H3;1H. The molecule has 0 unspecified atom stereocenters. The van der Waals surface area contributed by atoms with Crippen LogP contribution in [-0.4, -0.2) is 18.9 Å². The number of Topliss-reactive ketones (excluding diaryl/α,β-unsaturated/α-hetero) is 1. The second kappa shape index (κ2) is 8.45. The van der Waals surface area contributed by atoms with Gasteiger partial charge in [0, 0.05) is 5.56 Å². The molecular formula is C12H18ClNO. The lowest BCUT2D eigenvalue weighted by molar-refractivity contribution is 0.0991. The summed E-state index contributed by atoms with van der Waals surface area (Å²) >= 11 is 0. The minimum atomic E-state index is 0. The largest absolute Gasteiger partial charge is 0.310 e. The summed E-state index contributed by atoms with van der Waals surface area (Å²) in [4.78, 5) is 11.5. The molecule has 2 nitrogen and oxygen atoms in total. The maximum absolute atomic E-state index is 11.5. The quantitative estimate of drug-likeness (QED) is 0.598. The minimum Gasteiger partial charge on any atom is -0.310 e. The third-order valence-electron chi connectivity index (χ3n) is 2.09. The molecule has 0 radical (unpaired) electrons. The summed E-state index contributed by atoms with van der Waals surface area (Å²) < 4.78 is 0. The van der Waals surface area contributed by atoms with Crippen molar-refractivity contribution in [2.24, 2.45) is 0 Å². The van der Waals surface area contributed by atoms with Gasteiger partial charge in [-0.2, -0.15) is 0 Å². The van der Waals surface area contributed by atoms with Gasteiger partial charge in [-0.15, -0.1) is 12.4 Å². The summed E-state index contributed by atoms with van der Waals surface area (Å²) in [7, 11) is 0. The Hall–Kier alpha value is -0.860. The van der Waals surface area contributed by atoms with Crippen molar-refractivity contribution in [1.82, 2.24) is 5.32 Å². The molecule has 0 fully saturated rings. The first-order valence-electron chi connectivity index (χ1n) is 5.13. The molecule has 0 aliphatic carbocycles. The van der Waals surface area contributed by atoms with Crippen molar-refractivity contribution in [3.8, 4) is 0 Å². The highest BCUT2D eigenvalue weighted by Gasteiger charge is 2.02. The van der Waals surface area contributed by atoms with Crippen molar-refractivity contribution in [2.75, 3.05) is 13.1 Å². The number of unbranched alkanes of at least 4 members (excludes halogenated alkanes) is 1. The lowest BCUT2D eigenvalue weighted by atomic mass is 10.1. The number of hydrogen-bond donors (Lipinski definition) is 1. The van der Waals surface area contributed by atoms with Gasteiger partial charge < -0.3 is 5.32 Å². The molecule has 0 aliphatic rings. The van der Waals surface area contributed by atoms with Crippen LogP contribution in [-0.2, 0) is 0 Å². The van der Waals surface area contributed by atoms with E-state index < -0.39 is 0 Å². The Labute approximate surface area is 97.5 Å². The lowest BCUT2D eigenvalue weighted by Crippen LogP contribution is -2.23. The molecule has 0 bridgehead atoms. The number of ketones is 1. The van der Waals surface area contributed by atoms with Gasteiger partial charge in [-0.1, -0.05) is 43.7 Å². The Balaban J connectivity index is 0.00000196. The molecule has 0 heterocycles. The summed E-state index contributed by atoms with van der Waals surface area (Å²) in [6.07, 6.45) is 2.29. The van der Waals surface area contributed by atoms with Crippen LogP contribution in [0.3, 0.4) is 0 Å². The number of benzene rings is 1. The maximum atomic E-state index is 11.5. The molecule has 15 heavy (non-hydrogen) atoms. The van der Waals surface area contributed by atoms with Gasteiger partial charge in [-0.3, -0.25) is 4.79 Å². The van der Waals surface area contributed by atoms with E-state index in [9.17, 15) is 4.79 Å². The fourth-order valence-electron chi connectivity index (χ4n) is 1.23. The van der Waals surface area contributed by atoms with Crippen molar-refractivity contribution in [3.05, 3.63) is 35.9 Å². The Morgan fingerprint density at radius 1 is 1.27 bits per heavy atom. The van der Waals surface area contributed by atoms with Gasteiger partial charge in [-0.05, 0) is 13.0 Å². The number of halogens is 1. The van der Waals surface area contributed by atoms with Crippen LogP contribution in [0.15, 0.2) is 30.3 Å². The molecular weight excluding hydrogens is 210 g/mol. The molecule has 1 aromatic carbocycles. The Kier molecular flexibility index (Phi) is 7.96. The third kappa shape index (κ3) is 5.55. The molecule has 0 saturated heterocycles. The van der Waals surface area contributed by atoms with Crippen molar-refractivity contribution in [1.29, 1.82) is 0 Å². The molecule has 0 spiro atoms. The van der Waals surface area contributed by atoms with E-state index in [2.05, 4.69) is 12.2 Å². The summed E-state index contributed by atoms with van der Waals surface area (Å²) in [5, 5.41) is 3.14. The molecule has 0 aliphatic heterocycles. The molecule has 0 aromatic heterocycles. The van der Waals surface area contributed by atoms with Crippen molar-refractivity contribution in [3.63, 3.8) is 0 Å². The smallest absolute Gasteiger partial charge is 0.176 e. The van der Waals surface area contributed by atoms with Crippen molar-refractivity contribution in [2.45, 2.75) is 19.8 Å². The lowest BCUT2D eigenvalue weighted by Gasteiger charge is -2.02. The van der Waals surface area contributed by atoms with Gasteiger partial charge in [0.15, 0.2) is 5.78 Å². The highest BCUT2D eigenvalue weighted by Crippen LogP contribution is 1.98. The second-order valence-corrected chi connectivity index (χ2v) is 3.32. The monoisotopic (exact) mass is 227 g/mol. The van der Waals surface area contributed by atoms with Crippen LogP contribution in [0.2, 0.25) is 0 Å². The van der Waals surface area contributed by atoms with Crippen LogP contribution < -0.4 is 5.32 Å². The third-order valence-corrected chi connectivity index (χ3v) is 2.09. The normalized spacial score (nSPS) is 9.40. The first-order chi connectivity index (χ1) is 6.84. The number of nitrogens with one attached hydrogen (secondary N) is 1. The van der Waals surface area contributed by atoms with Gasteiger partial charge >= 0.3 is 0 Å². The molecule has 0 atom stereocenters. The van der Waals surface area contributed by atoms with Crippen LogP contribution in [0.25, 0.3) is 0 Å². The zero-order valence-electron chi connectivity index (χ0n) is 9.03. The fourth-order valence-corrected chi connectivity index (χ4v) is 1.23. The van der Waals surface area contributed by atoms with Crippen LogP contribution in [0.5, 0.6) is 0 Å². The number of hydrogen-bond acceptors (Lipinski definition) is 2. The molecule has 3 heteroatoms. The zero-order valence-corrected chi connectivity index (χ0v) is 9.85. The van der Waals surface area contributed by atoms with Crippen LogP contribution >= 0.6 is 12.4 Å². The van der Waals surface area contributed by atoms with Crippen molar-refractivity contribution >= 4 is 18.2 Å². The van der Waals surface area contributed by atoms with E-state index in [1.54, 1.807) is 0 Å². The van der Waals surface area contributed by atoms with E-state index in [-0.39, 0.29) is 18.2 Å². The average Bonchev–Trinajstić information content (AvgIpc) is 2.25. The predicted octanol–water partition coefficient (Wildman–Crippen LogP) is 2.68. The maximum Gasteiger partial charge on any atom is 0.176 e. The Bertz CT molecular complexity index is 274. The molecule has 1 aromatic rings. The van der Waals surface area contributed by atoms with E-state index in [4.69, 9.17) is 0 Å². The topological polar surface area (TPSA) is 29.1 Å². The van der Waals surface area contributed by atoms with Gasteiger partial charge in [0.1, 0.15) is 0 Å². The molecule has 84 valence electrons. The van der Waals surface area contributed by atoms with Gasteiger partial charge in [0.25, 0.3) is 0 Å². The zero-order chi connectivity index (χ0) is 10.2. The second-order valence-electron chi connectivity index (χ2n) is 3.32. The minimum absolute atomic E-state index is 0. The van der Waals surface area contributed by atoms with E-state index in [0.717, 1.165) is 24.9 Å². The van der Waals surface area contributed by atoms with E-state index >= 15 is 0 Å². The van der Waals surface area contributed by atoms with Gasteiger partial charge in [0.05, 0.1) is 6.54 Å². The fraction of sp³-hybridized carbons (Fsp3) is 0.417. The predicted molar refractivity (Wildman–Crippen MR) is 65.8 cm³/mol. The average molecular weight is 228 g/mol. The van der Waals surface area contributed by atoms with Crippen LogP contribution in [0.1, 0.15) is 30.1 Å². The SMILES string of the molecule is CCCCNCC(=O)c1ccccc1.Cl. The van der Waals surface area contributed by atoms with Gasteiger partial charge in [0.2, 0.25) is 0 Å². The van der Waals surface area contributed by atoms with Crippen LogP contribution in [0.4, 0.5) is 0 Å². The van der Waals surface area contributed by atoms with Crippen LogP contribution in [0, 0.1) is 0 Å². The molecule has 0 saturated carbocycles. The highest BCUT2D eigenvalue weighted by atomic mass is 35.5. The van der Waals surface area contributed by atoms with Crippen molar-refractivity contribution < 1.29 is 4.79 Å². The summed E-state index contributed by atoms with van der Waals surface area (Å²) in [5.74, 6) is 0.168.